The highest BCUT2D eigenvalue weighted by Gasteiger charge is 2.76. The summed E-state index contributed by atoms with van der Waals surface area (Å²) < 4.78 is 28.9. The Bertz CT molecular complexity index is 3130. The molecule has 74 heavy (non-hydrogen) atoms. The zero-order valence-electron chi connectivity index (χ0n) is 40.1. The van der Waals surface area contributed by atoms with Gasteiger partial charge in [0.25, 0.3) is 0 Å². The number of carbonyl (C=O) groups is 6. The first-order valence-electron chi connectivity index (χ1n) is 24.4. The van der Waals surface area contributed by atoms with Gasteiger partial charge in [0.1, 0.15) is 18.1 Å². The second kappa shape index (κ2) is 20.2. The summed E-state index contributed by atoms with van der Waals surface area (Å²) in [5, 5.41) is 7.95. The molecular weight excluding hydrogens is 1020 g/mol. The molecule has 5 aromatic rings. The minimum atomic E-state index is -4.95. The van der Waals surface area contributed by atoms with Crippen LogP contribution < -0.4 is 35.4 Å². The predicted octanol–water partition coefficient (Wildman–Crippen LogP) is 7.90. The van der Waals surface area contributed by atoms with Crippen molar-refractivity contribution in [2.45, 2.75) is 57.0 Å². The highest BCUT2D eigenvalue weighted by Crippen LogP contribution is 2.75. The van der Waals surface area contributed by atoms with E-state index in [2.05, 4.69) is 10.6 Å². The number of hydrogen-bond acceptors (Lipinski definition) is 10. The van der Waals surface area contributed by atoms with Gasteiger partial charge in [-0.25, -0.2) is 18.9 Å². The first kappa shape index (κ1) is 50.9. The number of rotatable bonds is 15. The Morgan fingerprint density at radius 3 is 1.70 bits per heavy atom. The van der Waals surface area contributed by atoms with Crippen LogP contribution >= 0.6 is 31.0 Å². The summed E-state index contributed by atoms with van der Waals surface area (Å²) in [4.78, 5) is 105. The third-order valence-electron chi connectivity index (χ3n) is 15.0. The van der Waals surface area contributed by atoms with Gasteiger partial charge in [-0.1, -0.05) is 60.7 Å². The molecule has 19 nitrogen and oxygen atoms in total. The van der Waals surface area contributed by atoms with Crippen LogP contribution in [0.15, 0.2) is 84.9 Å². The number of ether oxygens (including phenoxy) is 2. The van der Waals surface area contributed by atoms with Gasteiger partial charge in [0.2, 0.25) is 17.7 Å². The average Bonchev–Trinajstić information content (AvgIpc) is 3.94. The fraction of sp³-hybridized carbons (Fsp3) is 0.385. The fourth-order valence-corrected chi connectivity index (χ4v) is 12.5. The summed E-state index contributed by atoms with van der Waals surface area (Å²) in [6.45, 7) is 1.74. The molecule has 3 aliphatic carbocycles. The lowest BCUT2D eigenvalue weighted by Crippen LogP contribution is -2.73. The molecule has 2 bridgehead atoms. The summed E-state index contributed by atoms with van der Waals surface area (Å²) in [5.74, 6) is -0.293. The number of phosphoric acid groups is 1. The summed E-state index contributed by atoms with van der Waals surface area (Å²) in [6.07, 6.45) is 1.28. The number of nitrogens with two attached hydrogens (primary N) is 1. The van der Waals surface area contributed by atoms with E-state index >= 15 is 0 Å². The van der Waals surface area contributed by atoms with Crippen molar-refractivity contribution >= 4 is 106 Å². The van der Waals surface area contributed by atoms with Crippen molar-refractivity contribution in [3.63, 3.8) is 0 Å². The van der Waals surface area contributed by atoms with Gasteiger partial charge in [0.15, 0.2) is 0 Å². The first-order valence-corrected chi connectivity index (χ1v) is 27.0. The lowest BCUT2D eigenvalue weighted by atomic mass is 9.34. The van der Waals surface area contributed by atoms with Gasteiger partial charge in [-0.2, -0.15) is 0 Å². The topological polar surface area (TPSA) is 251 Å². The molecule has 3 aliphatic heterocycles. The minimum Gasteiger partial charge on any atom is -0.445 e. The van der Waals surface area contributed by atoms with Crippen LogP contribution in [0.25, 0.3) is 21.5 Å². The van der Waals surface area contributed by atoms with Crippen molar-refractivity contribution in [1.29, 1.82) is 0 Å². The van der Waals surface area contributed by atoms with Gasteiger partial charge in [-0.3, -0.25) is 24.2 Å². The number of alkyl halides is 2. The Morgan fingerprint density at radius 2 is 1.19 bits per heavy atom. The van der Waals surface area contributed by atoms with Gasteiger partial charge < -0.3 is 50.0 Å². The second-order valence-corrected chi connectivity index (χ2v) is 21.6. The van der Waals surface area contributed by atoms with Crippen LogP contribution in [-0.4, -0.2) is 113 Å². The second-order valence-electron chi connectivity index (χ2n) is 19.8. The molecule has 5 aromatic carbocycles. The number of urea groups is 1. The van der Waals surface area contributed by atoms with Gasteiger partial charge in [0, 0.05) is 104 Å². The Morgan fingerprint density at radius 1 is 0.689 bits per heavy atom. The molecule has 1 saturated heterocycles. The van der Waals surface area contributed by atoms with E-state index in [1.165, 1.54) is 15.9 Å². The average molecular weight is 1070 g/mol. The third kappa shape index (κ3) is 9.67. The van der Waals surface area contributed by atoms with Crippen molar-refractivity contribution in [3.05, 3.63) is 102 Å². The molecule has 3 heterocycles. The molecular formula is C52H54Cl2N7O12P. The maximum atomic E-state index is 14.8. The molecule has 6 N–H and O–H groups in total. The fourth-order valence-electron chi connectivity index (χ4n) is 11.6. The predicted molar refractivity (Wildman–Crippen MR) is 277 cm³/mol. The summed E-state index contributed by atoms with van der Waals surface area (Å²) >= 11 is 13.1. The number of fused-ring (bicyclic) bond motifs is 6. The number of piperazine rings is 1. The van der Waals surface area contributed by atoms with Crippen molar-refractivity contribution in [2.75, 3.05) is 72.7 Å². The van der Waals surface area contributed by atoms with E-state index in [0.29, 0.717) is 84.0 Å². The Hall–Kier alpha value is -6.63. The highest BCUT2D eigenvalue weighted by molar-refractivity contribution is 7.46. The van der Waals surface area contributed by atoms with Crippen molar-refractivity contribution in [3.8, 4) is 11.5 Å². The van der Waals surface area contributed by atoms with Crippen LogP contribution in [0.1, 0.15) is 67.1 Å². The van der Waals surface area contributed by atoms with E-state index in [1.54, 1.807) is 58.3 Å². The SMILES string of the molecule is NC(=O)NCCCCC(=O)Nc1ccc(COC(=O)N2CCN(C(=O)Oc3cc4c(c5ccccc35)C(CCl)CN4C(=O)C34CC(C(=O)N5CC(CCl)c6c5cc(OP(=O)(O)O)c5ccccc65)(C3)C4)CC2)cc1. The van der Waals surface area contributed by atoms with E-state index in [9.17, 15) is 43.1 Å². The summed E-state index contributed by atoms with van der Waals surface area (Å²) in [7, 11) is -4.95. The molecule has 22 heteroatoms. The number of anilines is 3. The number of carbonyl (C=O) groups excluding carboxylic acids is 6. The largest absolute Gasteiger partial charge is 0.524 e. The molecule has 2 atom stereocenters. The van der Waals surface area contributed by atoms with E-state index < -0.39 is 36.9 Å². The molecule has 4 fully saturated rings. The standard InChI is InChI=1S/C52H54Cl2N7O12P/c53-23-32-25-60(46(63)51-28-52(29-51,30-51)47(64)61-26-33(24-54)45-38-10-4-2-8-36(38)42(22-40(45)61)73-74(68,69)70)39-21-41(35-7-1-3-9-37(35)44(32)39)72-50(67)59-19-17-58(18-20-59)49(66)71-27-31-12-14-34(15-13-31)57-43(62)11-5-6-16-56-48(55)65/h1-4,7-10,12-15,21-22,32-33H,5-6,11,16-20,23-30H2,(H,57,62)(H3,55,56,65)(H2,68,69,70). The molecule has 0 aromatic heterocycles. The highest BCUT2D eigenvalue weighted by atomic mass is 35.5. The summed E-state index contributed by atoms with van der Waals surface area (Å²) in [5.41, 5.74) is 7.49. The monoisotopic (exact) mass is 1070 g/mol. The Kier molecular flexibility index (Phi) is 13.9. The van der Waals surface area contributed by atoms with Crippen LogP contribution in [0.5, 0.6) is 11.5 Å². The molecule has 388 valence electrons. The zero-order chi connectivity index (χ0) is 52.1. The number of phosphoric ester groups is 1. The molecule has 3 saturated carbocycles. The van der Waals surface area contributed by atoms with Gasteiger partial charge in [-0.15, -0.1) is 23.2 Å². The number of halogens is 2. The molecule has 7 amide bonds. The molecule has 2 unspecified atom stereocenters. The van der Waals surface area contributed by atoms with Crippen LogP contribution in [-0.2, 0) is 30.3 Å². The maximum Gasteiger partial charge on any atom is 0.524 e. The molecule has 6 aliphatic rings. The molecule has 0 radical (unpaired) electrons. The number of unbranched alkanes of at least 4 members (excludes halogenated alkanes) is 1. The number of nitrogens with zero attached hydrogens (tertiary/aromatic N) is 4. The van der Waals surface area contributed by atoms with Crippen LogP contribution in [0.4, 0.5) is 31.4 Å². The quantitative estimate of drug-likeness (QED) is 0.0381. The number of primary amides is 1. The van der Waals surface area contributed by atoms with Crippen molar-refractivity contribution in [2.24, 2.45) is 16.6 Å². The Balaban J connectivity index is 0.769. The van der Waals surface area contributed by atoms with Crippen molar-refractivity contribution < 1.29 is 57.1 Å². The smallest absolute Gasteiger partial charge is 0.445 e. The zero-order valence-corrected chi connectivity index (χ0v) is 42.5. The minimum absolute atomic E-state index is 0.00135. The Labute approximate surface area is 435 Å². The van der Waals surface area contributed by atoms with Crippen LogP contribution in [0.3, 0.4) is 0 Å². The first-order chi connectivity index (χ1) is 35.5. The van der Waals surface area contributed by atoms with E-state index in [1.807, 2.05) is 30.3 Å². The lowest BCUT2D eigenvalue weighted by Gasteiger charge is -2.69. The van der Waals surface area contributed by atoms with Crippen LogP contribution in [0.2, 0.25) is 0 Å². The van der Waals surface area contributed by atoms with E-state index in [-0.39, 0.29) is 98.6 Å². The lowest BCUT2D eigenvalue weighted by molar-refractivity contribution is -0.205. The van der Waals surface area contributed by atoms with E-state index in [4.69, 9.17) is 42.9 Å². The molecule has 0 spiro atoms. The maximum absolute atomic E-state index is 14.8. The van der Waals surface area contributed by atoms with E-state index in [0.717, 1.165) is 16.5 Å². The van der Waals surface area contributed by atoms with Gasteiger partial charge in [-0.05, 0) is 71.7 Å². The number of amides is 7. The van der Waals surface area contributed by atoms with Gasteiger partial charge in [0.05, 0.1) is 22.2 Å². The summed E-state index contributed by atoms with van der Waals surface area (Å²) in [6, 6.07) is 24.1. The number of hydrogen-bond donors (Lipinski definition) is 5. The van der Waals surface area contributed by atoms with Gasteiger partial charge >= 0.3 is 26.0 Å². The van der Waals surface area contributed by atoms with Crippen molar-refractivity contribution in [1.82, 2.24) is 15.1 Å². The normalized spacial score (nSPS) is 21.6. The number of benzene rings is 5. The molecule has 11 rings (SSSR count). The third-order valence-corrected chi connectivity index (χ3v) is 16.2. The van der Waals surface area contributed by atoms with Crippen LogP contribution in [0, 0.1) is 10.8 Å². The number of nitrogens with one attached hydrogen (secondary N) is 2.